The van der Waals surface area contributed by atoms with Gasteiger partial charge in [-0.15, -0.1) is 0 Å². The van der Waals surface area contributed by atoms with E-state index in [-0.39, 0.29) is 48.2 Å². The lowest BCUT2D eigenvalue weighted by atomic mass is 9.82. The van der Waals surface area contributed by atoms with Gasteiger partial charge in [0, 0.05) is 70.6 Å². The molecule has 1 rings (SSSR count). The van der Waals surface area contributed by atoms with Gasteiger partial charge in [-0.3, -0.25) is 19.3 Å². The van der Waals surface area contributed by atoms with Gasteiger partial charge in [-0.25, -0.2) is 4.79 Å². The largest absolute Gasteiger partial charge is 0.462 e. The lowest BCUT2D eigenvalue weighted by molar-refractivity contribution is -0.165. The molecule has 0 spiro atoms. The van der Waals surface area contributed by atoms with Crippen LogP contribution in [0.5, 0.6) is 0 Å². The van der Waals surface area contributed by atoms with Gasteiger partial charge in [-0.1, -0.05) is 91.0 Å². The smallest absolute Gasteiger partial charge is 0.331 e. The van der Waals surface area contributed by atoms with Gasteiger partial charge in [-0.2, -0.15) is 0 Å². The van der Waals surface area contributed by atoms with Gasteiger partial charge in [-0.05, 0) is 96.2 Å². The van der Waals surface area contributed by atoms with E-state index >= 15 is 0 Å². The van der Waals surface area contributed by atoms with Crippen molar-refractivity contribution in [2.24, 2.45) is 41.4 Å². The Kier molecular flexibility index (Phi) is 29.5. The van der Waals surface area contributed by atoms with Crippen molar-refractivity contribution < 1.29 is 58.2 Å². The molecule has 0 saturated heterocycles. The fourth-order valence-electron chi connectivity index (χ4n) is 8.43. The molecule has 14 nitrogen and oxygen atoms in total. The van der Waals surface area contributed by atoms with Crippen LogP contribution in [0.25, 0.3) is 0 Å². The molecule has 67 heavy (non-hydrogen) atoms. The third kappa shape index (κ3) is 22.5. The first-order valence-corrected chi connectivity index (χ1v) is 24.4. The highest BCUT2D eigenvalue weighted by Gasteiger charge is 2.37. The van der Waals surface area contributed by atoms with E-state index in [0.29, 0.717) is 25.7 Å². The number of likely N-dealkylation sites (N-methyl/N-ethyl adjacent to an activating group) is 1. The number of ether oxygens (including phenoxy) is 5. The van der Waals surface area contributed by atoms with Gasteiger partial charge < -0.3 is 43.9 Å². The number of allylic oxidation sites excluding steroid dienone is 3. The van der Waals surface area contributed by atoms with E-state index in [2.05, 4.69) is 19.9 Å². The van der Waals surface area contributed by atoms with E-state index in [0.717, 1.165) is 31.3 Å². The summed E-state index contributed by atoms with van der Waals surface area (Å²) in [6.07, 6.45) is 15.9. The SMILES string of the molecule is COC1/C=C/C[C@@H]([C@@H](C)[C@@H](O)[C@@H](C)CC[C@H](OC(=O)C(C)N(C)C)[C@H](C)[C@H](OC(C)=O)[C@H](C)/C=C/N(C)C=O)OC(=O)/C=C/C=C/CC(O)C(C)C(O)C(C)CCC(OC)/C(C)=C/CC(C)C1. The fraction of sp³-hybridized carbons (Fsp3) is 0.736. The van der Waals surface area contributed by atoms with Gasteiger partial charge in [0.05, 0.1) is 30.5 Å². The minimum absolute atomic E-state index is 0.0566. The molecule has 1 heterocycles. The van der Waals surface area contributed by atoms with Gasteiger partial charge in [0.2, 0.25) is 6.41 Å². The van der Waals surface area contributed by atoms with E-state index in [9.17, 15) is 34.5 Å². The Hall–Kier alpha value is -3.66. The molecule has 3 N–H and O–H groups in total. The maximum atomic E-state index is 13.4. The Balaban J connectivity index is 3.50. The lowest BCUT2D eigenvalue weighted by Gasteiger charge is -2.35. The van der Waals surface area contributed by atoms with Crippen molar-refractivity contribution in [1.29, 1.82) is 0 Å². The average Bonchev–Trinajstić information content (AvgIpc) is 3.29. The summed E-state index contributed by atoms with van der Waals surface area (Å²) in [5, 5.41) is 34.0. The summed E-state index contributed by atoms with van der Waals surface area (Å²) >= 11 is 0. The zero-order chi connectivity index (χ0) is 51.0. The molecule has 384 valence electrons. The van der Waals surface area contributed by atoms with E-state index in [1.807, 2.05) is 53.7 Å². The Bertz CT molecular complexity index is 1610. The molecular weight excluding hydrogens is 857 g/mol. The number of rotatable bonds is 18. The molecule has 1 aliphatic rings. The minimum atomic E-state index is -0.940. The number of aliphatic hydroxyl groups excluding tert-OH is 3. The second-order valence-corrected chi connectivity index (χ2v) is 19.6. The third-order valence-electron chi connectivity index (χ3n) is 13.7. The van der Waals surface area contributed by atoms with Crippen molar-refractivity contribution in [3.8, 4) is 0 Å². The molecule has 0 aromatic carbocycles. The van der Waals surface area contributed by atoms with Crippen LogP contribution in [-0.4, -0.2) is 140 Å². The summed E-state index contributed by atoms with van der Waals surface area (Å²) < 4.78 is 29.8. The maximum Gasteiger partial charge on any atom is 0.331 e. The summed E-state index contributed by atoms with van der Waals surface area (Å²) in [7, 11) is 8.54. The third-order valence-corrected chi connectivity index (χ3v) is 13.7. The van der Waals surface area contributed by atoms with Crippen LogP contribution in [0.1, 0.15) is 121 Å². The van der Waals surface area contributed by atoms with Gasteiger partial charge in [0.1, 0.15) is 24.4 Å². The fourth-order valence-corrected chi connectivity index (χ4v) is 8.43. The number of amides is 1. The molecular formula is C53H90N2O12. The highest BCUT2D eigenvalue weighted by molar-refractivity contribution is 5.82. The van der Waals surface area contributed by atoms with Crippen LogP contribution in [0.3, 0.4) is 0 Å². The number of nitrogens with zero attached hydrogens (tertiary/aromatic N) is 2. The molecule has 0 fully saturated rings. The Morgan fingerprint density at radius 1 is 0.925 bits per heavy atom. The first kappa shape index (κ1) is 61.4. The predicted molar refractivity (Wildman–Crippen MR) is 263 cm³/mol. The molecule has 0 saturated carbocycles. The van der Waals surface area contributed by atoms with E-state index in [4.69, 9.17) is 23.7 Å². The van der Waals surface area contributed by atoms with Crippen LogP contribution >= 0.6 is 0 Å². The van der Waals surface area contributed by atoms with Gasteiger partial charge in [0.15, 0.2) is 0 Å². The van der Waals surface area contributed by atoms with E-state index in [1.165, 1.54) is 17.9 Å². The molecule has 1 amide bonds. The number of hydrogen-bond acceptors (Lipinski definition) is 13. The van der Waals surface area contributed by atoms with Crippen LogP contribution in [0, 0.1) is 41.4 Å². The zero-order valence-corrected chi connectivity index (χ0v) is 43.6. The first-order chi connectivity index (χ1) is 31.5. The van der Waals surface area contributed by atoms with Crippen LogP contribution < -0.4 is 0 Å². The minimum Gasteiger partial charge on any atom is -0.462 e. The number of cyclic esters (lactones) is 1. The van der Waals surface area contributed by atoms with Crippen LogP contribution in [0.4, 0.5) is 0 Å². The summed E-state index contributed by atoms with van der Waals surface area (Å²) in [6, 6.07) is -0.551. The molecule has 0 radical (unpaired) electrons. The molecule has 14 heteroatoms. The summed E-state index contributed by atoms with van der Waals surface area (Å²) in [4.78, 5) is 53.5. The second kappa shape index (κ2) is 32.2. The van der Waals surface area contributed by atoms with E-state index in [1.54, 1.807) is 77.7 Å². The Labute approximate surface area is 403 Å². The van der Waals surface area contributed by atoms with Crippen LogP contribution in [-0.2, 0) is 42.9 Å². The number of aliphatic hydroxyl groups is 3. The predicted octanol–water partition coefficient (Wildman–Crippen LogP) is 7.61. The highest BCUT2D eigenvalue weighted by atomic mass is 16.6. The number of carbonyl (C=O) groups excluding carboxylic acids is 4. The number of hydrogen-bond donors (Lipinski definition) is 3. The van der Waals surface area contributed by atoms with Crippen molar-refractivity contribution in [2.75, 3.05) is 35.4 Å². The number of methoxy groups -OCH3 is 2. The maximum absolute atomic E-state index is 13.4. The standard InChI is InChI=1S/C53H90N2O12/c1-34-24-25-35(2)46(64-15)28-26-36(3)50(60)39(6)45(58)21-17-16-18-23-49(59)66-47(22-19-20-44(32-34)63-14)40(7)51(61)37(4)27-29-48(67-53(62)42(9)54(11)12)41(8)52(65-43(10)57)38(5)30-31-55(13)33-56/h16-20,23,25,30-31,33-34,36-42,44-48,50-52,58,60-61H,21-22,24,26-29,32H2,1-15H3/b17-16+,20-19+,23-18+,31-30+,35-25+/t34?,36?,37-,38+,39?,40+,41-,42?,44?,45?,46?,47-,48-,50?,51-,52+/m0/s1. The molecule has 8 unspecified atom stereocenters. The monoisotopic (exact) mass is 947 g/mol. The quantitative estimate of drug-likeness (QED) is 0.0529. The molecule has 0 aromatic rings. The topological polar surface area (TPSA) is 182 Å². The van der Waals surface area contributed by atoms with Crippen molar-refractivity contribution >= 4 is 24.3 Å². The second-order valence-electron chi connectivity index (χ2n) is 19.6. The number of esters is 3. The first-order valence-electron chi connectivity index (χ1n) is 24.4. The zero-order valence-electron chi connectivity index (χ0n) is 43.6. The Morgan fingerprint density at radius 3 is 2.19 bits per heavy atom. The summed E-state index contributed by atoms with van der Waals surface area (Å²) in [6.45, 7) is 18.6. The molecule has 1 aliphatic heterocycles. The highest BCUT2D eigenvalue weighted by Crippen LogP contribution is 2.31. The van der Waals surface area contributed by atoms with Crippen molar-refractivity contribution in [3.05, 3.63) is 60.4 Å². The van der Waals surface area contributed by atoms with Crippen molar-refractivity contribution in [3.63, 3.8) is 0 Å². The van der Waals surface area contributed by atoms with Crippen LogP contribution in [0.2, 0.25) is 0 Å². The van der Waals surface area contributed by atoms with Gasteiger partial charge in [0.25, 0.3) is 0 Å². The molecule has 0 bridgehead atoms. The number of carbonyl (C=O) groups is 4. The van der Waals surface area contributed by atoms with E-state index < -0.39 is 72.4 Å². The average molecular weight is 947 g/mol. The molecule has 0 aromatic heterocycles. The lowest BCUT2D eigenvalue weighted by Crippen LogP contribution is -2.43. The van der Waals surface area contributed by atoms with Crippen molar-refractivity contribution in [2.45, 2.75) is 175 Å². The molecule has 0 aliphatic carbocycles. The van der Waals surface area contributed by atoms with Crippen molar-refractivity contribution in [1.82, 2.24) is 9.80 Å². The normalized spacial score (nSPS) is 30.4. The summed E-state index contributed by atoms with van der Waals surface area (Å²) in [5.41, 5.74) is 1.13. The van der Waals surface area contributed by atoms with Gasteiger partial charge >= 0.3 is 17.9 Å². The van der Waals surface area contributed by atoms with Crippen LogP contribution in [0.15, 0.2) is 60.4 Å². The Morgan fingerprint density at radius 2 is 1.60 bits per heavy atom. The summed E-state index contributed by atoms with van der Waals surface area (Å²) in [5.74, 6) is -3.39. The molecule has 16 atom stereocenters.